The Morgan fingerprint density at radius 2 is 1.74 bits per heavy atom. The van der Waals surface area contributed by atoms with E-state index in [1.165, 1.54) is 31.2 Å². The van der Waals surface area contributed by atoms with Gasteiger partial charge in [0.1, 0.15) is 12.1 Å². The van der Waals surface area contributed by atoms with Crippen LogP contribution in [0.5, 0.6) is 0 Å². The molecule has 0 saturated carbocycles. The van der Waals surface area contributed by atoms with Crippen molar-refractivity contribution in [1.29, 1.82) is 0 Å². The van der Waals surface area contributed by atoms with Crippen molar-refractivity contribution in [3.8, 4) is 0 Å². The second-order valence-electron chi connectivity index (χ2n) is 6.36. The molecule has 0 saturated heterocycles. The summed E-state index contributed by atoms with van der Waals surface area (Å²) in [5.41, 5.74) is 0.563. The van der Waals surface area contributed by atoms with Crippen LogP contribution in [0.1, 0.15) is 33.3 Å². The highest BCUT2D eigenvalue weighted by atomic mass is 16.6. The fourth-order valence-electron chi connectivity index (χ4n) is 2.43. The minimum absolute atomic E-state index is 0.0681. The molecular formula is C18H25N3O6. The highest BCUT2D eigenvalue weighted by Crippen LogP contribution is 2.14. The van der Waals surface area contributed by atoms with Crippen LogP contribution in [0.3, 0.4) is 0 Å². The van der Waals surface area contributed by atoms with Gasteiger partial charge >= 0.3 is 5.97 Å². The number of nitro benzene ring substituents is 1. The molecule has 27 heavy (non-hydrogen) atoms. The summed E-state index contributed by atoms with van der Waals surface area (Å²) >= 11 is 0. The predicted octanol–water partition coefficient (Wildman–Crippen LogP) is 1.35. The third kappa shape index (κ3) is 7.04. The van der Waals surface area contributed by atoms with Crippen LogP contribution in [0.15, 0.2) is 24.3 Å². The van der Waals surface area contributed by atoms with E-state index in [4.69, 9.17) is 4.74 Å². The number of carbonyl (C=O) groups is 3. The molecule has 2 atom stereocenters. The number of benzene rings is 1. The number of nitrogens with zero attached hydrogens (tertiary/aromatic N) is 1. The Bertz CT molecular complexity index is 687. The number of hydrogen-bond donors (Lipinski definition) is 2. The summed E-state index contributed by atoms with van der Waals surface area (Å²) in [6.07, 6.45) is 0.122. The van der Waals surface area contributed by atoms with Gasteiger partial charge in [-0.3, -0.25) is 19.7 Å². The van der Waals surface area contributed by atoms with Gasteiger partial charge in [0.05, 0.1) is 11.5 Å². The minimum Gasteiger partial charge on any atom is -0.464 e. The van der Waals surface area contributed by atoms with Gasteiger partial charge in [-0.25, -0.2) is 4.79 Å². The quantitative estimate of drug-likeness (QED) is 0.379. The molecule has 2 amide bonds. The predicted molar refractivity (Wildman–Crippen MR) is 97.8 cm³/mol. The Morgan fingerprint density at radius 3 is 2.19 bits per heavy atom. The second-order valence-corrected chi connectivity index (χ2v) is 6.36. The van der Waals surface area contributed by atoms with E-state index in [1.807, 2.05) is 0 Å². The van der Waals surface area contributed by atoms with Gasteiger partial charge in [0, 0.05) is 25.5 Å². The topological polar surface area (TPSA) is 128 Å². The average molecular weight is 379 g/mol. The Morgan fingerprint density at radius 1 is 1.15 bits per heavy atom. The normalized spacial score (nSPS) is 12.8. The fourth-order valence-corrected chi connectivity index (χ4v) is 2.43. The fraction of sp³-hybridized carbons (Fsp3) is 0.500. The van der Waals surface area contributed by atoms with Crippen LogP contribution >= 0.6 is 0 Å². The van der Waals surface area contributed by atoms with E-state index in [9.17, 15) is 24.5 Å². The lowest BCUT2D eigenvalue weighted by Gasteiger charge is -2.24. The summed E-state index contributed by atoms with van der Waals surface area (Å²) in [5.74, 6) is -1.69. The van der Waals surface area contributed by atoms with Crippen LogP contribution in [0, 0.1) is 16.0 Å². The first kappa shape index (κ1) is 22.1. The molecule has 1 aromatic carbocycles. The zero-order valence-corrected chi connectivity index (χ0v) is 15.9. The van der Waals surface area contributed by atoms with E-state index in [2.05, 4.69) is 10.6 Å². The molecular weight excluding hydrogens is 354 g/mol. The van der Waals surface area contributed by atoms with Crippen LogP contribution in [0.2, 0.25) is 0 Å². The van der Waals surface area contributed by atoms with Crippen molar-refractivity contribution in [2.24, 2.45) is 5.92 Å². The number of ether oxygens (including phenoxy) is 1. The lowest BCUT2D eigenvalue weighted by Crippen LogP contribution is -2.54. The molecule has 0 bridgehead atoms. The van der Waals surface area contributed by atoms with E-state index in [0.29, 0.717) is 5.56 Å². The van der Waals surface area contributed by atoms with Crippen LogP contribution in [0.4, 0.5) is 5.69 Å². The first-order chi connectivity index (χ1) is 12.6. The smallest absolute Gasteiger partial charge is 0.328 e. The van der Waals surface area contributed by atoms with Crippen LogP contribution < -0.4 is 10.6 Å². The molecule has 0 aliphatic rings. The van der Waals surface area contributed by atoms with Crippen molar-refractivity contribution < 1.29 is 24.0 Å². The van der Waals surface area contributed by atoms with Gasteiger partial charge in [-0.05, 0) is 18.4 Å². The van der Waals surface area contributed by atoms with Gasteiger partial charge in [-0.1, -0.05) is 26.0 Å². The first-order valence-electron chi connectivity index (χ1n) is 8.63. The van der Waals surface area contributed by atoms with E-state index in [1.54, 1.807) is 20.8 Å². The molecule has 2 unspecified atom stereocenters. The first-order valence-corrected chi connectivity index (χ1v) is 8.63. The molecule has 1 aromatic rings. The lowest BCUT2D eigenvalue weighted by atomic mass is 10.0. The zero-order valence-electron chi connectivity index (χ0n) is 15.9. The second kappa shape index (κ2) is 10.2. The van der Waals surface area contributed by atoms with Crippen molar-refractivity contribution in [2.45, 2.75) is 46.2 Å². The number of nitro groups is 1. The molecule has 0 radical (unpaired) electrons. The zero-order chi connectivity index (χ0) is 20.6. The van der Waals surface area contributed by atoms with Crippen LogP contribution in [-0.2, 0) is 25.5 Å². The van der Waals surface area contributed by atoms with Crippen molar-refractivity contribution >= 4 is 23.5 Å². The van der Waals surface area contributed by atoms with E-state index < -0.39 is 34.8 Å². The Labute approximate surface area is 157 Å². The van der Waals surface area contributed by atoms with E-state index >= 15 is 0 Å². The van der Waals surface area contributed by atoms with Gasteiger partial charge in [-0.2, -0.15) is 0 Å². The minimum atomic E-state index is -0.931. The van der Waals surface area contributed by atoms with Gasteiger partial charge in [0.2, 0.25) is 11.8 Å². The summed E-state index contributed by atoms with van der Waals surface area (Å²) in [6, 6.07) is 3.92. The summed E-state index contributed by atoms with van der Waals surface area (Å²) in [4.78, 5) is 46.4. The van der Waals surface area contributed by atoms with Crippen molar-refractivity contribution in [3.05, 3.63) is 39.9 Å². The van der Waals surface area contributed by atoms with Crippen molar-refractivity contribution in [1.82, 2.24) is 10.6 Å². The third-order valence-corrected chi connectivity index (χ3v) is 3.79. The molecule has 9 heteroatoms. The number of nitrogens with one attached hydrogen (secondary N) is 2. The Kier molecular flexibility index (Phi) is 8.37. The number of rotatable bonds is 9. The molecule has 0 spiro atoms. The van der Waals surface area contributed by atoms with Crippen molar-refractivity contribution in [2.75, 3.05) is 6.61 Å². The molecule has 1 rings (SSSR count). The molecule has 2 N–H and O–H groups in total. The Balaban J connectivity index is 2.93. The van der Waals surface area contributed by atoms with Crippen LogP contribution in [-0.4, -0.2) is 41.4 Å². The van der Waals surface area contributed by atoms with Gasteiger partial charge < -0.3 is 15.4 Å². The van der Waals surface area contributed by atoms with Gasteiger partial charge in [-0.15, -0.1) is 0 Å². The largest absolute Gasteiger partial charge is 0.464 e. The number of esters is 1. The van der Waals surface area contributed by atoms with Gasteiger partial charge in [0.25, 0.3) is 5.69 Å². The summed E-state index contributed by atoms with van der Waals surface area (Å²) in [6.45, 7) is 6.68. The van der Waals surface area contributed by atoms with E-state index in [-0.39, 0.29) is 24.6 Å². The highest BCUT2D eigenvalue weighted by Gasteiger charge is 2.29. The number of non-ortho nitro benzene ring substituents is 1. The molecule has 0 fully saturated rings. The number of amides is 2. The molecule has 0 heterocycles. The number of carbonyl (C=O) groups excluding carboxylic acids is 3. The molecule has 9 nitrogen and oxygen atoms in total. The standard InChI is InChI=1S/C18H25N3O6/c1-5-27-18(24)16(11(2)3)20-17(23)15(19-12(4)22)10-13-6-8-14(9-7-13)21(25)26/h6-9,11,15-16H,5,10H2,1-4H3,(H,19,22)(H,20,23). The maximum absolute atomic E-state index is 12.6. The highest BCUT2D eigenvalue weighted by molar-refractivity contribution is 5.90. The molecule has 148 valence electrons. The molecule has 0 aliphatic carbocycles. The van der Waals surface area contributed by atoms with E-state index in [0.717, 1.165) is 0 Å². The SMILES string of the molecule is CCOC(=O)C(NC(=O)C(Cc1ccc([N+](=O)[O-])cc1)NC(C)=O)C(C)C. The van der Waals surface area contributed by atoms with Crippen molar-refractivity contribution in [3.63, 3.8) is 0 Å². The molecule has 0 aromatic heterocycles. The summed E-state index contributed by atoms with van der Waals surface area (Å²) < 4.78 is 4.98. The summed E-state index contributed by atoms with van der Waals surface area (Å²) in [5, 5.41) is 15.9. The molecule has 0 aliphatic heterocycles. The third-order valence-electron chi connectivity index (χ3n) is 3.79. The average Bonchev–Trinajstić information content (AvgIpc) is 2.58. The monoisotopic (exact) mass is 379 g/mol. The lowest BCUT2D eigenvalue weighted by molar-refractivity contribution is -0.384. The summed E-state index contributed by atoms with van der Waals surface area (Å²) in [7, 11) is 0. The Hall–Kier alpha value is -2.97. The van der Waals surface area contributed by atoms with Crippen LogP contribution in [0.25, 0.3) is 0 Å². The number of hydrogen-bond acceptors (Lipinski definition) is 6. The van der Waals surface area contributed by atoms with Gasteiger partial charge in [0.15, 0.2) is 0 Å². The maximum atomic E-state index is 12.6. The maximum Gasteiger partial charge on any atom is 0.328 e.